The molecule has 0 radical (unpaired) electrons. The minimum atomic E-state index is -0.331. The van der Waals surface area contributed by atoms with Crippen LogP contribution in [0.1, 0.15) is 33.8 Å². The molecule has 3 heterocycles. The number of benzene rings is 1. The predicted octanol–water partition coefficient (Wildman–Crippen LogP) is 4.21. The maximum atomic E-state index is 12.9. The Bertz CT molecular complexity index is 1260. The number of hydrogen-bond acceptors (Lipinski definition) is 6. The van der Waals surface area contributed by atoms with Gasteiger partial charge < -0.3 is 20.5 Å². The molecular weight excluding hydrogens is 378 g/mol. The van der Waals surface area contributed by atoms with Crippen LogP contribution < -0.4 is 10.6 Å². The summed E-state index contributed by atoms with van der Waals surface area (Å²) in [6.07, 6.45) is 6.58. The summed E-state index contributed by atoms with van der Waals surface area (Å²) in [6, 6.07) is 13.3. The molecule has 3 aromatic heterocycles. The number of nitrogens with one attached hydrogen (secondary N) is 3. The zero-order valence-electron chi connectivity index (χ0n) is 16.1. The highest BCUT2D eigenvalue weighted by atomic mass is 16.3. The normalized spacial score (nSPS) is 12.7. The summed E-state index contributed by atoms with van der Waals surface area (Å²) in [5.74, 6) is -0.135. The molecule has 0 fully saturated rings. The molecule has 0 saturated carbocycles. The van der Waals surface area contributed by atoms with E-state index < -0.39 is 0 Å². The molecule has 7 nitrogen and oxygen atoms in total. The Morgan fingerprint density at radius 3 is 2.93 bits per heavy atom. The lowest BCUT2D eigenvalue weighted by Gasteiger charge is -2.10. The van der Waals surface area contributed by atoms with Gasteiger partial charge in [-0.2, -0.15) is 0 Å². The van der Waals surface area contributed by atoms with Crippen molar-refractivity contribution in [3.05, 3.63) is 83.6 Å². The predicted molar refractivity (Wildman–Crippen MR) is 114 cm³/mol. The van der Waals surface area contributed by atoms with E-state index >= 15 is 0 Å². The Morgan fingerprint density at radius 2 is 2.07 bits per heavy atom. The molecule has 3 N–H and O–H groups in total. The number of rotatable bonds is 5. The molecule has 1 aliphatic rings. The Balaban J connectivity index is 1.46. The van der Waals surface area contributed by atoms with Gasteiger partial charge in [0.05, 0.1) is 24.1 Å². The summed E-state index contributed by atoms with van der Waals surface area (Å²) in [5.41, 5.74) is 5.55. The third-order valence-electron chi connectivity index (χ3n) is 5.20. The lowest BCUT2D eigenvalue weighted by atomic mass is 10.1. The Labute approximate surface area is 172 Å². The number of furan rings is 1. The quantitative estimate of drug-likeness (QED) is 0.468. The van der Waals surface area contributed by atoms with Crippen molar-refractivity contribution in [1.29, 1.82) is 5.41 Å². The van der Waals surface area contributed by atoms with E-state index in [2.05, 4.69) is 20.6 Å². The maximum absolute atomic E-state index is 12.9. The standard InChI is InChI=1S/C23H19N5O2/c24-19-7-4-14-11-15(5-6-17(14)19)28-21-18-8-10-25-13-20(18)30-22(21)23(29)27-12-16-3-1-2-9-26-16/h1-3,5-6,8-11,13,24,28H,4,7,12H2,(H,27,29). The molecule has 0 unspecified atom stereocenters. The van der Waals surface area contributed by atoms with Crippen molar-refractivity contribution in [3.63, 3.8) is 0 Å². The number of pyridine rings is 2. The fourth-order valence-corrected chi connectivity index (χ4v) is 3.70. The zero-order valence-corrected chi connectivity index (χ0v) is 16.1. The molecule has 0 saturated heterocycles. The van der Waals surface area contributed by atoms with E-state index in [-0.39, 0.29) is 11.7 Å². The van der Waals surface area contributed by atoms with E-state index in [1.54, 1.807) is 18.6 Å². The van der Waals surface area contributed by atoms with Crippen LogP contribution in [0.25, 0.3) is 11.0 Å². The van der Waals surface area contributed by atoms with Crippen LogP contribution in [-0.2, 0) is 13.0 Å². The molecule has 1 aliphatic carbocycles. The number of nitrogens with zero attached hydrogens (tertiary/aromatic N) is 2. The van der Waals surface area contributed by atoms with E-state index in [4.69, 9.17) is 9.83 Å². The highest BCUT2D eigenvalue weighted by Gasteiger charge is 2.22. The van der Waals surface area contributed by atoms with Crippen molar-refractivity contribution in [2.45, 2.75) is 19.4 Å². The van der Waals surface area contributed by atoms with Gasteiger partial charge in [-0.3, -0.25) is 14.8 Å². The van der Waals surface area contributed by atoms with Crippen molar-refractivity contribution < 1.29 is 9.21 Å². The molecule has 0 spiro atoms. The van der Waals surface area contributed by atoms with Crippen LogP contribution in [0.4, 0.5) is 11.4 Å². The number of hydrogen-bond donors (Lipinski definition) is 3. The molecule has 1 amide bonds. The van der Waals surface area contributed by atoms with Gasteiger partial charge in [0.2, 0.25) is 5.76 Å². The van der Waals surface area contributed by atoms with Crippen molar-refractivity contribution in [3.8, 4) is 0 Å². The first-order valence-electron chi connectivity index (χ1n) is 9.71. The molecule has 4 aromatic rings. The van der Waals surface area contributed by atoms with Crippen LogP contribution in [0.2, 0.25) is 0 Å². The van der Waals surface area contributed by atoms with E-state index in [0.29, 0.717) is 23.5 Å². The van der Waals surface area contributed by atoms with Gasteiger partial charge in [-0.1, -0.05) is 12.1 Å². The van der Waals surface area contributed by atoms with Crippen LogP contribution in [0, 0.1) is 5.41 Å². The second-order valence-electron chi connectivity index (χ2n) is 7.16. The molecule has 0 bridgehead atoms. The van der Waals surface area contributed by atoms with Crippen LogP contribution in [0.5, 0.6) is 0 Å². The second-order valence-corrected chi connectivity index (χ2v) is 7.16. The summed E-state index contributed by atoms with van der Waals surface area (Å²) in [4.78, 5) is 21.2. The zero-order chi connectivity index (χ0) is 20.5. The second kappa shape index (κ2) is 7.44. The molecule has 1 aromatic carbocycles. The number of aryl methyl sites for hydroxylation is 1. The van der Waals surface area contributed by atoms with E-state index in [0.717, 1.165) is 40.7 Å². The largest absolute Gasteiger partial charge is 0.447 e. The van der Waals surface area contributed by atoms with Gasteiger partial charge in [0.1, 0.15) is 0 Å². The molecular formula is C23H19N5O2. The molecule has 7 heteroatoms. The van der Waals surface area contributed by atoms with E-state index in [9.17, 15) is 4.79 Å². The lowest BCUT2D eigenvalue weighted by Crippen LogP contribution is -2.23. The summed E-state index contributed by atoms with van der Waals surface area (Å²) in [7, 11) is 0. The van der Waals surface area contributed by atoms with Crippen molar-refractivity contribution in [2.24, 2.45) is 0 Å². The van der Waals surface area contributed by atoms with Gasteiger partial charge in [0.15, 0.2) is 5.58 Å². The number of carbonyl (C=O) groups is 1. The molecule has 30 heavy (non-hydrogen) atoms. The van der Waals surface area contributed by atoms with Gasteiger partial charge in [-0.05, 0) is 54.3 Å². The first-order valence-corrected chi connectivity index (χ1v) is 9.71. The third kappa shape index (κ3) is 3.30. The highest BCUT2D eigenvalue weighted by molar-refractivity contribution is 6.07. The lowest BCUT2D eigenvalue weighted by molar-refractivity contribution is 0.0926. The minimum absolute atomic E-state index is 0.196. The summed E-state index contributed by atoms with van der Waals surface area (Å²) in [5, 5.41) is 15.0. The summed E-state index contributed by atoms with van der Waals surface area (Å²) in [6.45, 7) is 0.301. The van der Waals surface area contributed by atoms with E-state index in [1.807, 2.05) is 42.5 Å². The highest BCUT2D eigenvalue weighted by Crippen LogP contribution is 2.34. The van der Waals surface area contributed by atoms with Gasteiger partial charge in [-0.15, -0.1) is 0 Å². The van der Waals surface area contributed by atoms with Gasteiger partial charge in [0.25, 0.3) is 5.91 Å². The molecule has 5 rings (SSSR count). The Hall–Kier alpha value is -4.00. The first kappa shape index (κ1) is 18.1. The first-order chi connectivity index (χ1) is 14.7. The number of fused-ring (bicyclic) bond motifs is 2. The average Bonchev–Trinajstić information content (AvgIpc) is 3.33. The van der Waals surface area contributed by atoms with Crippen LogP contribution in [0.15, 0.2) is 65.5 Å². The average molecular weight is 397 g/mol. The van der Waals surface area contributed by atoms with Gasteiger partial charge >= 0.3 is 0 Å². The number of anilines is 2. The summed E-state index contributed by atoms with van der Waals surface area (Å²) >= 11 is 0. The van der Waals surface area contributed by atoms with Crippen molar-refractivity contribution >= 4 is 34.0 Å². The number of aromatic nitrogens is 2. The minimum Gasteiger partial charge on any atom is -0.447 e. The fourth-order valence-electron chi connectivity index (χ4n) is 3.70. The number of amides is 1. The Kier molecular flexibility index (Phi) is 4.48. The van der Waals surface area contributed by atoms with Crippen LogP contribution in [0.3, 0.4) is 0 Å². The smallest absolute Gasteiger partial charge is 0.289 e. The number of carbonyl (C=O) groups excluding carboxylic acids is 1. The van der Waals surface area contributed by atoms with Gasteiger partial charge in [0, 0.05) is 29.2 Å². The summed E-state index contributed by atoms with van der Waals surface area (Å²) < 4.78 is 5.84. The van der Waals surface area contributed by atoms with E-state index in [1.165, 1.54) is 0 Å². The van der Waals surface area contributed by atoms with Crippen LogP contribution in [-0.4, -0.2) is 21.6 Å². The third-order valence-corrected chi connectivity index (χ3v) is 5.20. The van der Waals surface area contributed by atoms with Crippen LogP contribution >= 0.6 is 0 Å². The van der Waals surface area contributed by atoms with Crippen molar-refractivity contribution in [1.82, 2.24) is 15.3 Å². The van der Waals surface area contributed by atoms with Crippen molar-refractivity contribution in [2.75, 3.05) is 5.32 Å². The molecule has 0 atom stereocenters. The SMILES string of the molecule is N=C1CCc2cc(Nc3c(C(=O)NCc4ccccn4)oc4cnccc34)ccc21. The monoisotopic (exact) mass is 397 g/mol. The maximum Gasteiger partial charge on any atom is 0.289 e. The Morgan fingerprint density at radius 1 is 1.13 bits per heavy atom. The topological polar surface area (TPSA) is 104 Å². The molecule has 0 aliphatic heterocycles. The fraction of sp³-hybridized carbons (Fsp3) is 0.130. The molecule has 148 valence electrons. The van der Waals surface area contributed by atoms with Gasteiger partial charge in [-0.25, -0.2) is 0 Å².